The molecule has 0 aromatic heterocycles. The third-order valence-electron chi connectivity index (χ3n) is 6.52. The van der Waals surface area contributed by atoms with Crippen LogP contribution in [-0.4, -0.2) is 24.9 Å². The molecule has 2 N–H and O–H groups in total. The second-order valence-corrected chi connectivity index (χ2v) is 9.42. The quantitative estimate of drug-likeness (QED) is 0.382. The molecule has 184 valence electrons. The maximum Gasteiger partial charge on any atom is 0.253 e. The van der Waals surface area contributed by atoms with E-state index in [0.717, 1.165) is 56.4 Å². The summed E-state index contributed by atoms with van der Waals surface area (Å²) < 4.78 is 13.2. The molecule has 5 nitrogen and oxygen atoms in total. The summed E-state index contributed by atoms with van der Waals surface area (Å²) in [6.45, 7) is 6.55. The second kappa shape index (κ2) is 13.1. The van der Waals surface area contributed by atoms with Crippen molar-refractivity contribution in [2.75, 3.05) is 23.3 Å². The Bertz CT molecular complexity index is 937. The average molecular weight is 468 g/mol. The van der Waals surface area contributed by atoms with Gasteiger partial charge in [0.2, 0.25) is 5.91 Å². The summed E-state index contributed by atoms with van der Waals surface area (Å²) in [4.78, 5) is 27.9. The first-order valence-electron chi connectivity index (χ1n) is 12.7. The largest absolute Gasteiger partial charge is 0.371 e. The van der Waals surface area contributed by atoms with Crippen molar-refractivity contribution < 1.29 is 14.0 Å². The molecule has 1 saturated heterocycles. The van der Waals surface area contributed by atoms with Crippen LogP contribution in [-0.2, 0) is 11.3 Å². The van der Waals surface area contributed by atoms with Gasteiger partial charge < -0.3 is 15.5 Å². The van der Waals surface area contributed by atoms with Crippen LogP contribution in [0.4, 0.5) is 15.8 Å². The third-order valence-corrected chi connectivity index (χ3v) is 6.52. The molecule has 1 aliphatic rings. The Kier molecular flexibility index (Phi) is 9.92. The number of nitrogens with zero attached hydrogens (tertiary/aromatic N) is 1. The van der Waals surface area contributed by atoms with Gasteiger partial charge in [-0.05, 0) is 61.1 Å². The lowest BCUT2D eigenvalue weighted by Crippen LogP contribution is -2.35. The van der Waals surface area contributed by atoms with E-state index in [1.807, 2.05) is 12.1 Å². The number of nitrogens with one attached hydrogen (secondary N) is 2. The van der Waals surface area contributed by atoms with Gasteiger partial charge in [-0.3, -0.25) is 9.59 Å². The number of piperidine rings is 1. The highest BCUT2D eigenvalue weighted by Gasteiger charge is 2.22. The van der Waals surface area contributed by atoms with Crippen LogP contribution < -0.4 is 15.5 Å². The predicted molar refractivity (Wildman–Crippen MR) is 137 cm³/mol. The Morgan fingerprint density at radius 1 is 1.00 bits per heavy atom. The number of rotatable bonds is 11. The number of hydrogen-bond acceptors (Lipinski definition) is 3. The molecule has 0 unspecified atom stereocenters. The number of carbonyl (C=O) groups is 2. The number of hydrogen-bond donors (Lipinski definition) is 2. The van der Waals surface area contributed by atoms with E-state index in [2.05, 4.69) is 29.4 Å². The molecule has 2 aromatic rings. The first-order valence-corrected chi connectivity index (χ1v) is 12.7. The van der Waals surface area contributed by atoms with Gasteiger partial charge in [-0.15, -0.1) is 0 Å². The molecule has 0 bridgehead atoms. The topological polar surface area (TPSA) is 61.4 Å². The zero-order valence-electron chi connectivity index (χ0n) is 20.5. The highest BCUT2D eigenvalue weighted by atomic mass is 19.1. The smallest absolute Gasteiger partial charge is 0.253 e. The van der Waals surface area contributed by atoms with E-state index in [9.17, 15) is 14.0 Å². The van der Waals surface area contributed by atoms with Gasteiger partial charge in [-0.25, -0.2) is 4.39 Å². The van der Waals surface area contributed by atoms with Crippen LogP contribution in [0.2, 0.25) is 0 Å². The maximum atomic E-state index is 13.2. The van der Waals surface area contributed by atoms with Crippen molar-refractivity contribution in [1.29, 1.82) is 0 Å². The van der Waals surface area contributed by atoms with E-state index >= 15 is 0 Å². The summed E-state index contributed by atoms with van der Waals surface area (Å²) in [5.74, 6) is 0.163. The van der Waals surface area contributed by atoms with Crippen molar-refractivity contribution in [2.45, 2.75) is 71.8 Å². The minimum atomic E-state index is -0.300. The van der Waals surface area contributed by atoms with Gasteiger partial charge in [0.15, 0.2) is 0 Å². The fourth-order valence-corrected chi connectivity index (χ4v) is 4.31. The minimum absolute atomic E-state index is 0.0197. The molecule has 3 rings (SSSR count). The molecule has 0 aliphatic carbocycles. The summed E-state index contributed by atoms with van der Waals surface area (Å²) in [5.41, 5.74) is 2.91. The van der Waals surface area contributed by atoms with Gasteiger partial charge in [0.25, 0.3) is 5.91 Å². The molecule has 0 atom stereocenters. The molecule has 0 saturated carbocycles. The van der Waals surface area contributed by atoms with Gasteiger partial charge in [0.05, 0.1) is 5.56 Å². The Morgan fingerprint density at radius 3 is 2.41 bits per heavy atom. The van der Waals surface area contributed by atoms with E-state index in [4.69, 9.17) is 0 Å². The zero-order chi connectivity index (χ0) is 24.3. The van der Waals surface area contributed by atoms with E-state index in [1.54, 1.807) is 18.2 Å². The van der Waals surface area contributed by atoms with Crippen LogP contribution in [0.25, 0.3) is 0 Å². The molecule has 1 aliphatic heterocycles. The first-order chi connectivity index (χ1) is 16.5. The van der Waals surface area contributed by atoms with Crippen molar-refractivity contribution in [1.82, 2.24) is 5.32 Å². The molecule has 1 heterocycles. The van der Waals surface area contributed by atoms with Gasteiger partial charge in [-0.1, -0.05) is 51.7 Å². The first kappa shape index (κ1) is 25.7. The van der Waals surface area contributed by atoms with Gasteiger partial charge in [-0.2, -0.15) is 0 Å². The number of carbonyl (C=O) groups excluding carboxylic acids is 2. The third kappa shape index (κ3) is 7.86. The standard InChI is InChI=1S/C28H38FN3O2/c1-3-4-5-6-7-8-27(33)31-24-13-14-26(32-17-15-21(2)16-18-32)25(19-24)28(34)30-20-22-9-11-23(29)12-10-22/h9-14,19,21H,3-8,15-18,20H2,1-2H3,(H,30,34)(H,31,33). The molecule has 2 amide bonds. The molecule has 34 heavy (non-hydrogen) atoms. The minimum Gasteiger partial charge on any atom is -0.371 e. The highest BCUT2D eigenvalue weighted by Crippen LogP contribution is 2.29. The maximum absolute atomic E-state index is 13.2. The molecule has 6 heteroatoms. The number of anilines is 2. The van der Waals surface area contributed by atoms with Crippen molar-refractivity contribution in [3.8, 4) is 0 Å². The van der Waals surface area contributed by atoms with E-state index in [1.165, 1.54) is 25.0 Å². The molecule has 1 fully saturated rings. The molecule has 2 aromatic carbocycles. The Morgan fingerprint density at radius 2 is 1.71 bits per heavy atom. The van der Waals surface area contributed by atoms with E-state index in [0.29, 0.717) is 30.1 Å². The predicted octanol–water partition coefficient (Wildman–Crippen LogP) is 6.29. The monoisotopic (exact) mass is 467 g/mol. The number of benzene rings is 2. The second-order valence-electron chi connectivity index (χ2n) is 9.42. The van der Waals surface area contributed by atoms with E-state index < -0.39 is 0 Å². The van der Waals surface area contributed by atoms with Crippen LogP contribution in [0.1, 0.15) is 81.1 Å². The molecular formula is C28H38FN3O2. The summed E-state index contributed by atoms with van der Waals surface area (Å²) in [7, 11) is 0. The van der Waals surface area contributed by atoms with Gasteiger partial charge >= 0.3 is 0 Å². The fourth-order valence-electron chi connectivity index (χ4n) is 4.31. The normalized spacial score (nSPS) is 14.1. The number of halogens is 1. The van der Waals surface area contributed by atoms with Crippen molar-refractivity contribution in [2.24, 2.45) is 5.92 Å². The van der Waals surface area contributed by atoms with Crippen LogP contribution in [0.3, 0.4) is 0 Å². The summed E-state index contributed by atoms with van der Waals surface area (Å²) in [5, 5.41) is 5.92. The van der Waals surface area contributed by atoms with Crippen LogP contribution in [0.15, 0.2) is 42.5 Å². The van der Waals surface area contributed by atoms with Gasteiger partial charge in [0, 0.05) is 37.4 Å². The molecule has 0 spiro atoms. The van der Waals surface area contributed by atoms with Crippen molar-refractivity contribution in [3.63, 3.8) is 0 Å². The van der Waals surface area contributed by atoms with Crippen LogP contribution in [0, 0.1) is 11.7 Å². The summed E-state index contributed by atoms with van der Waals surface area (Å²) >= 11 is 0. The Balaban J connectivity index is 1.69. The van der Waals surface area contributed by atoms with Crippen LogP contribution >= 0.6 is 0 Å². The lowest BCUT2D eigenvalue weighted by molar-refractivity contribution is -0.116. The lowest BCUT2D eigenvalue weighted by Gasteiger charge is -2.33. The van der Waals surface area contributed by atoms with Crippen molar-refractivity contribution in [3.05, 3.63) is 59.4 Å². The van der Waals surface area contributed by atoms with Crippen LogP contribution in [0.5, 0.6) is 0 Å². The van der Waals surface area contributed by atoms with Crippen molar-refractivity contribution >= 4 is 23.2 Å². The van der Waals surface area contributed by atoms with E-state index in [-0.39, 0.29) is 17.6 Å². The zero-order valence-corrected chi connectivity index (χ0v) is 20.5. The fraction of sp³-hybridized carbons (Fsp3) is 0.500. The number of unbranched alkanes of at least 4 members (excludes halogenated alkanes) is 4. The van der Waals surface area contributed by atoms with Gasteiger partial charge in [0.1, 0.15) is 5.82 Å². The Hall–Kier alpha value is -2.89. The lowest BCUT2D eigenvalue weighted by atomic mass is 9.97. The Labute approximate surface area is 203 Å². The number of amides is 2. The highest BCUT2D eigenvalue weighted by molar-refractivity contribution is 6.02. The summed E-state index contributed by atoms with van der Waals surface area (Å²) in [6, 6.07) is 11.7. The molecular weight excluding hydrogens is 429 g/mol. The summed E-state index contributed by atoms with van der Waals surface area (Å²) in [6.07, 6.45) is 8.15. The SMILES string of the molecule is CCCCCCCC(=O)Nc1ccc(N2CCC(C)CC2)c(C(=O)NCc2ccc(F)cc2)c1. The molecule has 0 radical (unpaired) electrons. The average Bonchev–Trinajstić information content (AvgIpc) is 2.84.